The molecule has 0 radical (unpaired) electrons. The van der Waals surface area contributed by atoms with Crippen LogP contribution in [0.15, 0.2) is 53.5 Å². The Morgan fingerprint density at radius 3 is 2.62 bits per heavy atom. The van der Waals surface area contributed by atoms with Crippen molar-refractivity contribution in [3.05, 3.63) is 64.9 Å². The standard InChI is InChI=1S/C19H22ClFN4O/c1-22-19(24-13-14-4-2-5-16(21)12-14)23-11-3-6-18(26)25-17-9-7-15(20)8-10-17/h2,4-5,7-10,12H,3,6,11,13H2,1H3,(H,25,26)(H2,22,23,24). The van der Waals surface area contributed by atoms with Gasteiger partial charge in [-0.3, -0.25) is 9.79 Å². The molecule has 0 bridgehead atoms. The summed E-state index contributed by atoms with van der Waals surface area (Å²) in [4.78, 5) is 16.0. The molecule has 5 nitrogen and oxygen atoms in total. The largest absolute Gasteiger partial charge is 0.356 e. The molecule has 0 spiro atoms. The summed E-state index contributed by atoms with van der Waals surface area (Å²) in [7, 11) is 1.66. The molecular formula is C19H22ClFN4O. The summed E-state index contributed by atoms with van der Waals surface area (Å²) >= 11 is 5.81. The number of hydrogen-bond donors (Lipinski definition) is 3. The van der Waals surface area contributed by atoms with E-state index in [0.29, 0.717) is 36.9 Å². The molecule has 1 amide bonds. The van der Waals surface area contributed by atoms with Gasteiger partial charge in [0.1, 0.15) is 5.82 Å². The highest BCUT2D eigenvalue weighted by molar-refractivity contribution is 6.30. The van der Waals surface area contributed by atoms with Crippen molar-refractivity contribution in [1.29, 1.82) is 0 Å². The van der Waals surface area contributed by atoms with Crippen molar-refractivity contribution in [3.63, 3.8) is 0 Å². The minimum Gasteiger partial charge on any atom is -0.356 e. The van der Waals surface area contributed by atoms with Crippen molar-refractivity contribution in [2.75, 3.05) is 18.9 Å². The van der Waals surface area contributed by atoms with Gasteiger partial charge in [-0.25, -0.2) is 4.39 Å². The zero-order chi connectivity index (χ0) is 18.8. The Morgan fingerprint density at radius 1 is 1.15 bits per heavy atom. The summed E-state index contributed by atoms with van der Waals surface area (Å²) in [5, 5.41) is 9.68. The maximum Gasteiger partial charge on any atom is 0.224 e. The van der Waals surface area contributed by atoms with Crippen molar-refractivity contribution in [1.82, 2.24) is 10.6 Å². The molecule has 0 unspecified atom stereocenters. The summed E-state index contributed by atoms with van der Waals surface area (Å²) in [5.74, 6) is 0.281. The minimum atomic E-state index is -0.265. The Kier molecular flexibility index (Phi) is 7.89. The van der Waals surface area contributed by atoms with Crippen LogP contribution in [0.2, 0.25) is 5.02 Å². The van der Waals surface area contributed by atoms with Gasteiger partial charge in [0.2, 0.25) is 5.91 Å². The van der Waals surface area contributed by atoms with Crippen LogP contribution in [-0.2, 0) is 11.3 Å². The molecule has 7 heteroatoms. The molecule has 0 saturated heterocycles. The lowest BCUT2D eigenvalue weighted by molar-refractivity contribution is -0.116. The average molecular weight is 377 g/mol. The molecule has 0 saturated carbocycles. The Morgan fingerprint density at radius 2 is 1.92 bits per heavy atom. The van der Waals surface area contributed by atoms with E-state index < -0.39 is 0 Å². The Bertz CT molecular complexity index is 749. The van der Waals surface area contributed by atoms with Crippen LogP contribution in [-0.4, -0.2) is 25.5 Å². The molecule has 2 rings (SSSR count). The molecule has 2 aromatic carbocycles. The van der Waals surface area contributed by atoms with E-state index in [2.05, 4.69) is 20.9 Å². The number of guanidine groups is 1. The second-order valence-corrected chi connectivity index (χ2v) is 6.08. The van der Waals surface area contributed by atoms with Gasteiger partial charge in [-0.1, -0.05) is 23.7 Å². The predicted molar refractivity (Wildman–Crippen MR) is 104 cm³/mol. The van der Waals surface area contributed by atoms with Gasteiger partial charge in [-0.2, -0.15) is 0 Å². The fraction of sp³-hybridized carbons (Fsp3) is 0.263. The molecule has 0 aromatic heterocycles. The van der Waals surface area contributed by atoms with Gasteiger partial charge in [-0.15, -0.1) is 0 Å². The van der Waals surface area contributed by atoms with Gasteiger partial charge in [0.05, 0.1) is 0 Å². The molecule has 0 aliphatic heterocycles. The van der Waals surface area contributed by atoms with Gasteiger partial charge in [0.25, 0.3) is 0 Å². The predicted octanol–water partition coefficient (Wildman–Crippen LogP) is 3.56. The Balaban J connectivity index is 1.65. The number of benzene rings is 2. The first kappa shape index (κ1) is 19.7. The maximum absolute atomic E-state index is 13.2. The molecule has 138 valence electrons. The SMILES string of the molecule is CN=C(NCCCC(=O)Nc1ccc(Cl)cc1)NCc1cccc(F)c1. The highest BCUT2D eigenvalue weighted by Gasteiger charge is 2.03. The molecule has 3 N–H and O–H groups in total. The number of nitrogens with one attached hydrogen (secondary N) is 3. The van der Waals surface area contributed by atoms with E-state index >= 15 is 0 Å². The number of carbonyl (C=O) groups excluding carboxylic acids is 1. The summed E-state index contributed by atoms with van der Waals surface area (Å²) in [6, 6.07) is 13.4. The fourth-order valence-corrected chi connectivity index (χ4v) is 2.39. The Hall–Kier alpha value is -2.60. The first-order valence-corrected chi connectivity index (χ1v) is 8.69. The van der Waals surface area contributed by atoms with E-state index in [-0.39, 0.29) is 11.7 Å². The van der Waals surface area contributed by atoms with Crippen LogP contribution in [0.25, 0.3) is 0 Å². The monoisotopic (exact) mass is 376 g/mol. The van der Waals surface area contributed by atoms with Gasteiger partial charge >= 0.3 is 0 Å². The first-order valence-electron chi connectivity index (χ1n) is 8.31. The van der Waals surface area contributed by atoms with Gasteiger partial charge < -0.3 is 16.0 Å². The van der Waals surface area contributed by atoms with Crippen molar-refractivity contribution >= 4 is 29.2 Å². The van der Waals surface area contributed by atoms with Gasteiger partial charge in [-0.05, 0) is 48.4 Å². The fourth-order valence-electron chi connectivity index (χ4n) is 2.27. The third kappa shape index (κ3) is 7.11. The van der Waals surface area contributed by atoms with E-state index in [0.717, 1.165) is 11.3 Å². The van der Waals surface area contributed by atoms with E-state index in [1.54, 1.807) is 37.4 Å². The second-order valence-electron chi connectivity index (χ2n) is 5.64. The zero-order valence-electron chi connectivity index (χ0n) is 14.6. The number of amides is 1. The average Bonchev–Trinajstić information content (AvgIpc) is 2.63. The third-order valence-corrected chi connectivity index (χ3v) is 3.83. The molecule has 0 aliphatic carbocycles. The van der Waals surface area contributed by atoms with Crippen LogP contribution in [0.3, 0.4) is 0 Å². The number of carbonyl (C=O) groups is 1. The van der Waals surface area contributed by atoms with E-state index in [9.17, 15) is 9.18 Å². The summed E-state index contributed by atoms with van der Waals surface area (Å²) < 4.78 is 13.2. The molecule has 0 aliphatic rings. The number of anilines is 1. The summed E-state index contributed by atoms with van der Waals surface area (Å²) in [5.41, 5.74) is 1.55. The second kappa shape index (κ2) is 10.4. The van der Waals surface area contributed by atoms with Gasteiger partial charge in [0.15, 0.2) is 5.96 Å². The normalized spacial score (nSPS) is 11.1. The number of aliphatic imine (C=N–C) groups is 1. The van der Waals surface area contributed by atoms with Crippen LogP contribution in [0.4, 0.5) is 10.1 Å². The number of nitrogens with zero attached hydrogens (tertiary/aromatic N) is 1. The van der Waals surface area contributed by atoms with Crippen molar-refractivity contribution in [2.24, 2.45) is 4.99 Å². The number of rotatable bonds is 7. The van der Waals surface area contributed by atoms with Crippen LogP contribution < -0.4 is 16.0 Å². The third-order valence-electron chi connectivity index (χ3n) is 3.57. The highest BCUT2D eigenvalue weighted by atomic mass is 35.5. The molecule has 0 atom stereocenters. The number of halogens is 2. The summed E-state index contributed by atoms with van der Waals surface area (Å²) in [6.07, 6.45) is 1.04. The zero-order valence-corrected chi connectivity index (χ0v) is 15.3. The smallest absolute Gasteiger partial charge is 0.224 e. The highest BCUT2D eigenvalue weighted by Crippen LogP contribution is 2.13. The van der Waals surface area contributed by atoms with Gasteiger partial charge in [0, 0.05) is 37.3 Å². The lowest BCUT2D eigenvalue weighted by Crippen LogP contribution is -2.37. The lowest BCUT2D eigenvalue weighted by Gasteiger charge is -2.12. The van der Waals surface area contributed by atoms with E-state index in [1.807, 2.05) is 6.07 Å². The van der Waals surface area contributed by atoms with Crippen molar-refractivity contribution in [3.8, 4) is 0 Å². The van der Waals surface area contributed by atoms with E-state index in [1.165, 1.54) is 12.1 Å². The number of hydrogen-bond acceptors (Lipinski definition) is 2. The molecule has 2 aromatic rings. The minimum absolute atomic E-state index is 0.0585. The molecular weight excluding hydrogens is 355 g/mol. The van der Waals surface area contributed by atoms with Crippen LogP contribution in [0, 0.1) is 5.82 Å². The van der Waals surface area contributed by atoms with Crippen LogP contribution in [0.1, 0.15) is 18.4 Å². The Labute approximate surface area is 157 Å². The maximum atomic E-state index is 13.2. The molecule has 0 fully saturated rings. The van der Waals surface area contributed by atoms with Crippen LogP contribution >= 0.6 is 11.6 Å². The lowest BCUT2D eigenvalue weighted by atomic mass is 10.2. The topological polar surface area (TPSA) is 65.5 Å². The molecule has 26 heavy (non-hydrogen) atoms. The van der Waals surface area contributed by atoms with Crippen molar-refractivity contribution in [2.45, 2.75) is 19.4 Å². The van der Waals surface area contributed by atoms with Crippen molar-refractivity contribution < 1.29 is 9.18 Å². The quantitative estimate of drug-likeness (QED) is 0.393. The summed E-state index contributed by atoms with van der Waals surface area (Å²) in [6.45, 7) is 1.06. The first-order chi connectivity index (χ1) is 12.6. The van der Waals surface area contributed by atoms with E-state index in [4.69, 9.17) is 11.6 Å². The molecule has 0 heterocycles. The van der Waals surface area contributed by atoms with Crippen LogP contribution in [0.5, 0.6) is 0 Å².